The molecule has 0 unspecified atom stereocenters. The minimum atomic E-state index is -1.02. The first kappa shape index (κ1) is 19.6. The average Bonchev–Trinajstić information content (AvgIpc) is 3.36. The van der Waals surface area contributed by atoms with Crippen molar-refractivity contribution in [3.8, 4) is 0 Å². The molecule has 1 aromatic rings. The summed E-state index contributed by atoms with van der Waals surface area (Å²) in [4.78, 5) is 51.2. The zero-order valence-electron chi connectivity index (χ0n) is 16.9. The van der Waals surface area contributed by atoms with E-state index in [1.165, 1.54) is 6.92 Å². The van der Waals surface area contributed by atoms with E-state index in [9.17, 15) is 19.2 Å². The zero-order valence-corrected chi connectivity index (χ0v) is 16.9. The Kier molecular flexibility index (Phi) is 4.92. The number of benzene rings is 1. The van der Waals surface area contributed by atoms with Crippen molar-refractivity contribution in [2.75, 3.05) is 11.9 Å². The minimum absolute atomic E-state index is 0.253. The fraction of sp³-hybridized carbons (Fsp3) is 0.545. The Morgan fingerprint density at radius 1 is 1.10 bits per heavy atom. The van der Waals surface area contributed by atoms with Gasteiger partial charge in [0.2, 0.25) is 11.8 Å². The molecule has 3 amide bonds. The maximum atomic E-state index is 12.8. The van der Waals surface area contributed by atoms with Crippen LogP contribution in [0.25, 0.3) is 0 Å². The summed E-state index contributed by atoms with van der Waals surface area (Å²) in [5.41, 5.74) is 2.77. The normalized spacial score (nSPS) is 28.4. The third kappa shape index (κ3) is 3.32. The standard InChI is InChI=1S/C22H26N2O5/c1-11-4-7-16(8-12(11)2)23-17(25)10-29-22(28)13(3)24-20(26)18-14-5-6-15(9-14)19(18)21(24)27/h4,7-8,13-15,18-19H,5-6,9-10H2,1-3H3,(H,23,25)/t13-,14-,15-,18-,19-/m0/s1. The summed E-state index contributed by atoms with van der Waals surface area (Å²) in [7, 11) is 0. The van der Waals surface area contributed by atoms with Crippen molar-refractivity contribution < 1.29 is 23.9 Å². The topological polar surface area (TPSA) is 92.8 Å². The molecule has 2 aliphatic carbocycles. The molecule has 2 saturated carbocycles. The number of fused-ring (bicyclic) bond motifs is 5. The highest BCUT2D eigenvalue weighted by atomic mass is 16.5. The van der Waals surface area contributed by atoms with Gasteiger partial charge in [-0.2, -0.15) is 0 Å². The van der Waals surface area contributed by atoms with E-state index < -0.39 is 24.5 Å². The molecule has 1 aliphatic heterocycles. The van der Waals surface area contributed by atoms with Gasteiger partial charge in [-0.25, -0.2) is 4.79 Å². The Labute approximate surface area is 169 Å². The number of aryl methyl sites for hydroxylation is 2. The number of likely N-dealkylation sites (tertiary alicyclic amines) is 1. The summed E-state index contributed by atoms with van der Waals surface area (Å²) < 4.78 is 5.10. The molecule has 5 atom stereocenters. The quantitative estimate of drug-likeness (QED) is 0.606. The lowest BCUT2D eigenvalue weighted by atomic mass is 9.81. The van der Waals surface area contributed by atoms with Crippen molar-refractivity contribution in [1.82, 2.24) is 4.90 Å². The van der Waals surface area contributed by atoms with E-state index in [-0.39, 0.29) is 35.5 Å². The summed E-state index contributed by atoms with van der Waals surface area (Å²) >= 11 is 0. The lowest BCUT2D eigenvalue weighted by molar-refractivity contribution is -0.159. The number of rotatable bonds is 5. The van der Waals surface area contributed by atoms with Crippen molar-refractivity contribution in [3.05, 3.63) is 29.3 Å². The van der Waals surface area contributed by atoms with Gasteiger partial charge in [0.05, 0.1) is 11.8 Å². The van der Waals surface area contributed by atoms with Crippen LogP contribution >= 0.6 is 0 Å². The third-order valence-electron chi connectivity index (χ3n) is 6.83. The van der Waals surface area contributed by atoms with E-state index in [2.05, 4.69) is 5.32 Å². The Balaban J connectivity index is 1.34. The first-order chi connectivity index (χ1) is 13.8. The van der Waals surface area contributed by atoms with Crippen LogP contribution in [-0.2, 0) is 23.9 Å². The number of esters is 1. The fourth-order valence-electron chi connectivity index (χ4n) is 5.19. The molecule has 1 aromatic carbocycles. The van der Waals surface area contributed by atoms with Crippen LogP contribution in [0, 0.1) is 37.5 Å². The Morgan fingerprint density at radius 2 is 1.72 bits per heavy atom. The van der Waals surface area contributed by atoms with Crippen molar-refractivity contribution in [3.63, 3.8) is 0 Å². The van der Waals surface area contributed by atoms with Gasteiger partial charge in [0, 0.05) is 5.69 Å². The SMILES string of the molecule is Cc1ccc(NC(=O)COC(=O)[C@H](C)N2C(=O)[C@H]3[C@H]4CC[C@@H](C4)[C@@H]3C2=O)cc1C. The first-order valence-corrected chi connectivity index (χ1v) is 10.2. The van der Waals surface area contributed by atoms with Crippen LogP contribution < -0.4 is 5.32 Å². The number of carbonyl (C=O) groups excluding carboxylic acids is 4. The van der Waals surface area contributed by atoms with Gasteiger partial charge < -0.3 is 10.1 Å². The average molecular weight is 398 g/mol. The first-order valence-electron chi connectivity index (χ1n) is 10.2. The number of nitrogens with zero attached hydrogens (tertiary/aromatic N) is 1. The lowest BCUT2D eigenvalue weighted by Gasteiger charge is -2.23. The monoisotopic (exact) mass is 398 g/mol. The molecule has 1 N–H and O–H groups in total. The van der Waals surface area contributed by atoms with Crippen molar-refractivity contribution in [1.29, 1.82) is 0 Å². The predicted octanol–water partition coefficient (Wildman–Crippen LogP) is 2.20. The fourth-order valence-corrected chi connectivity index (χ4v) is 5.19. The second-order valence-electron chi connectivity index (χ2n) is 8.56. The number of imide groups is 1. The van der Waals surface area contributed by atoms with E-state index in [4.69, 9.17) is 4.74 Å². The van der Waals surface area contributed by atoms with Crippen LogP contribution in [0.15, 0.2) is 18.2 Å². The lowest BCUT2D eigenvalue weighted by Crippen LogP contribution is -2.45. The van der Waals surface area contributed by atoms with Crippen LogP contribution in [0.5, 0.6) is 0 Å². The zero-order chi connectivity index (χ0) is 20.9. The molecule has 7 nitrogen and oxygen atoms in total. The largest absolute Gasteiger partial charge is 0.454 e. The van der Waals surface area contributed by atoms with Crippen LogP contribution in [0.2, 0.25) is 0 Å². The maximum absolute atomic E-state index is 12.8. The van der Waals surface area contributed by atoms with Gasteiger partial charge in [0.1, 0.15) is 6.04 Å². The third-order valence-corrected chi connectivity index (χ3v) is 6.83. The summed E-state index contributed by atoms with van der Waals surface area (Å²) in [5.74, 6) is -1.74. The summed E-state index contributed by atoms with van der Waals surface area (Å²) in [6.45, 7) is 4.94. The molecular formula is C22H26N2O5. The van der Waals surface area contributed by atoms with Gasteiger partial charge >= 0.3 is 5.97 Å². The molecule has 1 saturated heterocycles. The summed E-state index contributed by atoms with van der Waals surface area (Å²) in [5, 5.41) is 2.68. The van der Waals surface area contributed by atoms with Gasteiger partial charge in [-0.15, -0.1) is 0 Å². The molecule has 0 spiro atoms. The molecule has 1 heterocycles. The molecule has 29 heavy (non-hydrogen) atoms. The number of hydrogen-bond donors (Lipinski definition) is 1. The molecule has 154 valence electrons. The predicted molar refractivity (Wildman–Crippen MR) is 105 cm³/mol. The molecule has 7 heteroatoms. The Bertz CT molecular complexity index is 867. The Morgan fingerprint density at radius 3 is 2.31 bits per heavy atom. The summed E-state index contributed by atoms with van der Waals surface area (Å²) in [6.07, 6.45) is 2.91. The number of anilines is 1. The maximum Gasteiger partial charge on any atom is 0.329 e. The minimum Gasteiger partial charge on any atom is -0.454 e. The van der Waals surface area contributed by atoms with Gasteiger partial charge in [-0.1, -0.05) is 6.07 Å². The van der Waals surface area contributed by atoms with Crippen molar-refractivity contribution in [2.45, 2.75) is 46.1 Å². The molecule has 3 fully saturated rings. The van der Waals surface area contributed by atoms with Crippen LogP contribution in [0.3, 0.4) is 0 Å². The number of amides is 3. The smallest absolute Gasteiger partial charge is 0.329 e. The van der Waals surface area contributed by atoms with E-state index in [0.717, 1.165) is 35.3 Å². The van der Waals surface area contributed by atoms with Crippen LogP contribution in [0.4, 0.5) is 5.69 Å². The number of nitrogens with one attached hydrogen (secondary N) is 1. The Hall–Kier alpha value is -2.70. The molecule has 0 radical (unpaired) electrons. The van der Waals surface area contributed by atoms with Crippen LogP contribution in [-0.4, -0.2) is 41.2 Å². The van der Waals surface area contributed by atoms with Crippen molar-refractivity contribution in [2.24, 2.45) is 23.7 Å². The van der Waals surface area contributed by atoms with E-state index >= 15 is 0 Å². The van der Waals surface area contributed by atoms with Gasteiger partial charge in [-0.3, -0.25) is 19.3 Å². The molecule has 2 bridgehead atoms. The van der Waals surface area contributed by atoms with Crippen LogP contribution in [0.1, 0.15) is 37.3 Å². The van der Waals surface area contributed by atoms with Gasteiger partial charge in [-0.05, 0) is 75.1 Å². The molecule has 0 aromatic heterocycles. The van der Waals surface area contributed by atoms with E-state index in [1.54, 1.807) is 6.07 Å². The number of ether oxygens (including phenoxy) is 1. The number of hydrogen-bond acceptors (Lipinski definition) is 5. The van der Waals surface area contributed by atoms with Crippen molar-refractivity contribution >= 4 is 29.4 Å². The van der Waals surface area contributed by atoms with Gasteiger partial charge in [0.25, 0.3) is 5.91 Å². The second-order valence-corrected chi connectivity index (χ2v) is 8.56. The molecule has 4 rings (SSSR count). The van der Waals surface area contributed by atoms with E-state index in [0.29, 0.717) is 5.69 Å². The second kappa shape index (κ2) is 7.28. The molecule has 3 aliphatic rings. The number of carbonyl (C=O) groups is 4. The van der Waals surface area contributed by atoms with E-state index in [1.807, 2.05) is 26.0 Å². The van der Waals surface area contributed by atoms with Gasteiger partial charge in [0.15, 0.2) is 6.61 Å². The highest BCUT2D eigenvalue weighted by Gasteiger charge is 2.62. The molecular weight excluding hydrogens is 372 g/mol. The highest BCUT2D eigenvalue weighted by molar-refractivity contribution is 6.08. The highest BCUT2D eigenvalue weighted by Crippen LogP contribution is 2.56. The summed E-state index contributed by atoms with van der Waals surface area (Å²) in [6, 6.07) is 4.49.